The summed E-state index contributed by atoms with van der Waals surface area (Å²) in [5.74, 6) is 0.414. The monoisotopic (exact) mass is 375 g/mol. The molecule has 5 nitrogen and oxygen atoms in total. The van der Waals surface area contributed by atoms with Gasteiger partial charge in [-0.2, -0.15) is 11.8 Å². The van der Waals surface area contributed by atoms with Gasteiger partial charge < -0.3 is 14.8 Å². The Morgan fingerprint density at radius 3 is 2.04 bits per heavy atom. The fourth-order valence-corrected chi connectivity index (χ4v) is 3.02. The second-order valence-electron chi connectivity index (χ2n) is 6.32. The van der Waals surface area contributed by atoms with E-state index in [4.69, 9.17) is 4.74 Å². The van der Waals surface area contributed by atoms with Crippen molar-refractivity contribution in [2.24, 2.45) is 0 Å². The van der Waals surface area contributed by atoms with Crippen molar-refractivity contribution in [2.75, 3.05) is 25.7 Å². The quantitative estimate of drug-likeness (QED) is 0.306. The lowest BCUT2D eigenvalue weighted by molar-refractivity contribution is -0.146. The predicted molar refractivity (Wildman–Crippen MR) is 105 cm³/mol. The van der Waals surface area contributed by atoms with Crippen LogP contribution in [0.2, 0.25) is 0 Å². The molecule has 0 spiro atoms. The van der Waals surface area contributed by atoms with Crippen molar-refractivity contribution in [2.45, 2.75) is 83.6 Å². The number of thioether (sulfide) groups is 1. The smallest absolute Gasteiger partial charge is 0.407 e. The molecule has 0 aliphatic rings. The fraction of sp³-hybridized carbons (Fsp3) is 0.895. The maximum Gasteiger partial charge on any atom is 0.407 e. The zero-order valence-corrected chi connectivity index (χ0v) is 17.1. The number of alkyl carbamates (subject to hydrolysis) is 1. The number of rotatable bonds is 16. The first-order valence-electron chi connectivity index (χ1n) is 9.65. The third-order valence-corrected chi connectivity index (χ3v) is 4.76. The van der Waals surface area contributed by atoms with Gasteiger partial charge in [0.1, 0.15) is 6.04 Å². The van der Waals surface area contributed by atoms with E-state index < -0.39 is 12.1 Å². The molecule has 0 aromatic carbocycles. The van der Waals surface area contributed by atoms with Gasteiger partial charge in [0, 0.05) is 0 Å². The van der Waals surface area contributed by atoms with Gasteiger partial charge in [-0.25, -0.2) is 9.59 Å². The number of unbranched alkanes of at least 4 members (excludes halogenated alkanes) is 9. The van der Waals surface area contributed by atoms with Gasteiger partial charge in [0.2, 0.25) is 0 Å². The van der Waals surface area contributed by atoms with E-state index in [9.17, 15) is 9.59 Å². The van der Waals surface area contributed by atoms with E-state index in [1.54, 1.807) is 11.8 Å². The number of hydrogen-bond acceptors (Lipinski definition) is 5. The number of ether oxygens (including phenoxy) is 2. The lowest BCUT2D eigenvalue weighted by Gasteiger charge is -2.16. The minimum atomic E-state index is -0.622. The van der Waals surface area contributed by atoms with Crippen LogP contribution in [0.5, 0.6) is 0 Å². The SMILES string of the molecule is CCCCCCCCCCCCOC(=O)C(CCSC)NC(=O)OC. The molecule has 0 radical (unpaired) electrons. The Kier molecular flexibility index (Phi) is 17.2. The first-order chi connectivity index (χ1) is 12.2. The van der Waals surface area contributed by atoms with Crippen LogP contribution in [-0.2, 0) is 14.3 Å². The minimum absolute atomic E-state index is 0.365. The largest absolute Gasteiger partial charge is 0.464 e. The van der Waals surface area contributed by atoms with Crippen molar-refractivity contribution in [3.8, 4) is 0 Å². The minimum Gasteiger partial charge on any atom is -0.464 e. The molecule has 0 saturated heterocycles. The Morgan fingerprint density at radius 2 is 1.52 bits per heavy atom. The summed E-state index contributed by atoms with van der Waals surface area (Å²) in [6, 6.07) is -0.622. The molecule has 1 amide bonds. The maximum atomic E-state index is 12.1. The number of carbonyl (C=O) groups excluding carboxylic acids is 2. The second-order valence-corrected chi connectivity index (χ2v) is 7.31. The summed E-state index contributed by atoms with van der Waals surface area (Å²) < 4.78 is 9.86. The van der Waals surface area contributed by atoms with Crippen molar-refractivity contribution in [3.05, 3.63) is 0 Å². The van der Waals surface area contributed by atoms with Gasteiger partial charge in [0.05, 0.1) is 13.7 Å². The highest BCUT2D eigenvalue weighted by molar-refractivity contribution is 7.98. The van der Waals surface area contributed by atoms with E-state index >= 15 is 0 Å². The van der Waals surface area contributed by atoms with Gasteiger partial charge in [0.15, 0.2) is 0 Å². The van der Waals surface area contributed by atoms with Gasteiger partial charge in [-0.1, -0.05) is 64.7 Å². The Balaban J connectivity index is 3.68. The van der Waals surface area contributed by atoms with E-state index in [2.05, 4.69) is 17.0 Å². The molecule has 25 heavy (non-hydrogen) atoms. The first kappa shape index (κ1) is 24.1. The number of methoxy groups -OCH3 is 1. The standard InChI is InChI=1S/C19H37NO4S/c1-4-5-6-7-8-9-10-11-12-13-15-24-18(21)17(14-16-25-3)20-19(22)23-2/h17H,4-16H2,1-3H3,(H,20,22). The summed E-state index contributed by atoms with van der Waals surface area (Å²) in [7, 11) is 1.29. The molecule has 0 aliphatic carbocycles. The van der Waals surface area contributed by atoms with Crippen LogP contribution in [0.3, 0.4) is 0 Å². The van der Waals surface area contributed by atoms with Crippen LogP contribution in [0.4, 0.5) is 4.79 Å². The number of amides is 1. The summed E-state index contributed by atoms with van der Waals surface area (Å²) in [5.41, 5.74) is 0. The van der Waals surface area contributed by atoms with Crippen LogP contribution in [0.15, 0.2) is 0 Å². The first-order valence-corrected chi connectivity index (χ1v) is 11.0. The maximum absolute atomic E-state index is 12.1. The van der Waals surface area contributed by atoms with Crippen LogP contribution in [0, 0.1) is 0 Å². The summed E-state index contributed by atoms with van der Waals surface area (Å²) >= 11 is 1.63. The highest BCUT2D eigenvalue weighted by Gasteiger charge is 2.22. The van der Waals surface area contributed by atoms with Crippen LogP contribution in [0.1, 0.15) is 77.6 Å². The molecule has 1 atom stereocenters. The average Bonchev–Trinajstić information content (AvgIpc) is 2.62. The Hall–Kier alpha value is -0.910. The molecule has 0 fully saturated rings. The Morgan fingerprint density at radius 1 is 0.960 bits per heavy atom. The zero-order chi connectivity index (χ0) is 18.8. The number of hydrogen-bond donors (Lipinski definition) is 1. The van der Waals surface area contributed by atoms with Crippen LogP contribution in [0.25, 0.3) is 0 Å². The number of nitrogens with one attached hydrogen (secondary N) is 1. The molecular formula is C19H37NO4S. The van der Waals surface area contributed by atoms with Crippen molar-refractivity contribution >= 4 is 23.8 Å². The molecule has 0 aliphatic heterocycles. The zero-order valence-electron chi connectivity index (χ0n) is 16.3. The van der Waals surface area contributed by atoms with Gasteiger partial charge in [0.25, 0.3) is 0 Å². The topological polar surface area (TPSA) is 64.6 Å². The van der Waals surface area contributed by atoms with E-state index in [0.29, 0.717) is 13.0 Å². The summed E-state index contributed by atoms with van der Waals surface area (Å²) in [5, 5.41) is 2.54. The van der Waals surface area contributed by atoms with Gasteiger partial charge in [-0.05, 0) is 24.9 Å². The van der Waals surface area contributed by atoms with Crippen LogP contribution >= 0.6 is 11.8 Å². The lowest BCUT2D eigenvalue weighted by atomic mass is 10.1. The molecule has 0 aromatic rings. The molecule has 148 valence electrons. The normalized spacial score (nSPS) is 11.8. The lowest BCUT2D eigenvalue weighted by Crippen LogP contribution is -2.42. The van der Waals surface area contributed by atoms with E-state index in [1.165, 1.54) is 58.5 Å². The van der Waals surface area contributed by atoms with E-state index in [1.807, 2.05) is 6.26 Å². The Labute approximate surface area is 158 Å². The number of carbonyl (C=O) groups is 2. The molecule has 0 rings (SSSR count). The summed E-state index contributed by atoms with van der Waals surface area (Å²) in [6.07, 6.45) is 14.4. The number of esters is 1. The van der Waals surface area contributed by atoms with Crippen molar-refractivity contribution in [3.63, 3.8) is 0 Å². The van der Waals surface area contributed by atoms with Crippen molar-refractivity contribution < 1.29 is 19.1 Å². The molecule has 6 heteroatoms. The predicted octanol–water partition coefficient (Wildman–Crippen LogP) is 4.93. The molecule has 0 aromatic heterocycles. The average molecular weight is 376 g/mol. The second kappa shape index (κ2) is 17.9. The van der Waals surface area contributed by atoms with Gasteiger partial charge in [-0.3, -0.25) is 0 Å². The molecule has 0 heterocycles. The highest BCUT2D eigenvalue weighted by Crippen LogP contribution is 2.11. The molecule has 0 saturated carbocycles. The summed E-state index contributed by atoms with van der Waals surface area (Å²) in [6.45, 7) is 2.66. The summed E-state index contributed by atoms with van der Waals surface area (Å²) in [4.78, 5) is 23.4. The van der Waals surface area contributed by atoms with Gasteiger partial charge in [-0.15, -0.1) is 0 Å². The van der Waals surface area contributed by atoms with E-state index in [-0.39, 0.29) is 5.97 Å². The molecule has 1 N–H and O–H groups in total. The van der Waals surface area contributed by atoms with E-state index in [0.717, 1.165) is 18.6 Å². The van der Waals surface area contributed by atoms with Crippen LogP contribution < -0.4 is 5.32 Å². The van der Waals surface area contributed by atoms with Crippen molar-refractivity contribution in [1.82, 2.24) is 5.32 Å². The fourth-order valence-electron chi connectivity index (χ4n) is 2.55. The van der Waals surface area contributed by atoms with Crippen molar-refractivity contribution in [1.29, 1.82) is 0 Å². The molecular weight excluding hydrogens is 338 g/mol. The third-order valence-electron chi connectivity index (χ3n) is 4.11. The van der Waals surface area contributed by atoms with Gasteiger partial charge >= 0.3 is 12.1 Å². The Bertz CT molecular complexity index is 339. The highest BCUT2D eigenvalue weighted by atomic mass is 32.2. The molecule has 1 unspecified atom stereocenters. The van der Waals surface area contributed by atoms with Crippen LogP contribution in [-0.4, -0.2) is 43.8 Å². The third kappa shape index (κ3) is 15.1. The molecule has 0 bridgehead atoms.